The molecule has 0 radical (unpaired) electrons. The van der Waals surface area contributed by atoms with E-state index in [0.717, 1.165) is 11.1 Å². The molecule has 0 spiro atoms. The highest BCUT2D eigenvalue weighted by atomic mass is 16.3. The maximum Gasteiger partial charge on any atom is 0.157 e. The maximum atomic E-state index is 9.46. The van der Waals surface area contributed by atoms with Crippen molar-refractivity contribution in [2.24, 2.45) is 0 Å². The Morgan fingerprint density at radius 3 is 1.68 bits per heavy atom. The molecule has 0 aliphatic rings. The minimum Gasteiger partial charge on any atom is -0.508 e. The summed E-state index contributed by atoms with van der Waals surface area (Å²) >= 11 is 0. The Hall–Kier alpha value is -2.16. The van der Waals surface area contributed by atoms with Gasteiger partial charge in [0.1, 0.15) is 5.75 Å². The smallest absolute Gasteiger partial charge is 0.157 e. The lowest BCUT2D eigenvalue weighted by Gasteiger charge is -2.07. The standard InChI is InChI=1S/C10H14O.C6H6O2/c1-7(2)9-5-4-8(3)6-10(9)11;7-5-3-1-2-4-6(5)8/h4-7,11H,1-3H3;1-4,7-8H. The van der Waals surface area contributed by atoms with Crippen molar-refractivity contribution in [3.05, 3.63) is 53.6 Å². The van der Waals surface area contributed by atoms with E-state index < -0.39 is 0 Å². The van der Waals surface area contributed by atoms with Crippen LogP contribution in [-0.4, -0.2) is 15.3 Å². The third-order valence-electron chi connectivity index (χ3n) is 2.69. The summed E-state index contributed by atoms with van der Waals surface area (Å²) in [5, 5.41) is 26.8. The van der Waals surface area contributed by atoms with Crippen molar-refractivity contribution in [2.45, 2.75) is 26.7 Å². The number of benzene rings is 2. The molecule has 0 bridgehead atoms. The van der Waals surface area contributed by atoms with Crippen LogP contribution >= 0.6 is 0 Å². The molecule has 0 amide bonds. The molecule has 2 aromatic carbocycles. The van der Waals surface area contributed by atoms with E-state index in [-0.39, 0.29) is 11.5 Å². The van der Waals surface area contributed by atoms with Gasteiger partial charge < -0.3 is 15.3 Å². The van der Waals surface area contributed by atoms with Crippen molar-refractivity contribution >= 4 is 0 Å². The lowest BCUT2D eigenvalue weighted by molar-refractivity contribution is 0.404. The van der Waals surface area contributed by atoms with Gasteiger partial charge in [-0.15, -0.1) is 0 Å². The van der Waals surface area contributed by atoms with E-state index in [2.05, 4.69) is 13.8 Å². The van der Waals surface area contributed by atoms with E-state index in [1.165, 1.54) is 12.1 Å². The molecule has 0 saturated heterocycles. The predicted octanol–water partition coefficient (Wildman–Crippen LogP) is 3.92. The van der Waals surface area contributed by atoms with Gasteiger partial charge in [-0.2, -0.15) is 0 Å². The lowest BCUT2D eigenvalue weighted by Crippen LogP contribution is -1.87. The monoisotopic (exact) mass is 260 g/mol. The number of phenols is 3. The first kappa shape index (κ1) is 14.9. The van der Waals surface area contributed by atoms with Crippen LogP contribution in [0.3, 0.4) is 0 Å². The molecule has 0 unspecified atom stereocenters. The second kappa shape index (κ2) is 6.69. The summed E-state index contributed by atoms with van der Waals surface area (Å²) in [6.07, 6.45) is 0. The van der Waals surface area contributed by atoms with Crippen LogP contribution < -0.4 is 0 Å². The molecule has 19 heavy (non-hydrogen) atoms. The van der Waals surface area contributed by atoms with Gasteiger partial charge in [-0.3, -0.25) is 0 Å². The predicted molar refractivity (Wildman–Crippen MR) is 76.7 cm³/mol. The van der Waals surface area contributed by atoms with Crippen molar-refractivity contribution in [3.63, 3.8) is 0 Å². The molecule has 0 aliphatic carbocycles. The average molecular weight is 260 g/mol. The molecule has 0 aromatic heterocycles. The molecule has 0 aliphatic heterocycles. The minimum absolute atomic E-state index is 0.0764. The van der Waals surface area contributed by atoms with Gasteiger partial charge in [0.15, 0.2) is 11.5 Å². The maximum absolute atomic E-state index is 9.46. The van der Waals surface area contributed by atoms with Crippen LogP contribution in [0.4, 0.5) is 0 Å². The third-order valence-corrected chi connectivity index (χ3v) is 2.69. The summed E-state index contributed by atoms with van der Waals surface area (Å²) < 4.78 is 0. The lowest BCUT2D eigenvalue weighted by atomic mass is 10.0. The summed E-state index contributed by atoms with van der Waals surface area (Å²) in [5.41, 5.74) is 2.13. The summed E-state index contributed by atoms with van der Waals surface area (Å²) in [6.45, 7) is 6.12. The third kappa shape index (κ3) is 4.54. The van der Waals surface area contributed by atoms with Gasteiger partial charge in [0.05, 0.1) is 0 Å². The van der Waals surface area contributed by atoms with Gasteiger partial charge >= 0.3 is 0 Å². The van der Waals surface area contributed by atoms with E-state index in [1.54, 1.807) is 18.2 Å². The van der Waals surface area contributed by atoms with Crippen LogP contribution in [0.1, 0.15) is 30.9 Å². The number of phenolic OH excluding ortho intramolecular Hbond substituents is 3. The number of rotatable bonds is 1. The van der Waals surface area contributed by atoms with Crippen LogP contribution in [0.15, 0.2) is 42.5 Å². The Balaban J connectivity index is 0.000000200. The van der Waals surface area contributed by atoms with Crippen molar-refractivity contribution in [2.75, 3.05) is 0 Å². The molecule has 0 atom stereocenters. The zero-order valence-electron chi connectivity index (χ0n) is 11.5. The summed E-state index contributed by atoms with van der Waals surface area (Å²) in [4.78, 5) is 0. The second-order valence-electron chi connectivity index (χ2n) is 4.71. The Morgan fingerprint density at radius 1 is 0.789 bits per heavy atom. The first-order valence-corrected chi connectivity index (χ1v) is 6.18. The van der Waals surface area contributed by atoms with Crippen molar-refractivity contribution in [1.82, 2.24) is 0 Å². The van der Waals surface area contributed by atoms with E-state index in [0.29, 0.717) is 11.7 Å². The Morgan fingerprint density at radius 2 is 1.32 bits per heavy atom. The fourth-order valence-electron chi connectivity index (χ4n) is 1.61. The van der Waals surface area contributed by atoms with Gasteiger partial charge in [0.25, 0.3) is 0 Å². The number of hydrogen-bond acceptors (Lipinski definition) is 3. The molecule has 3 nitrogen and oxygen atoms in total. The fraction of sp³-hybridized carbons (Fsp3) is 0.250. The molecule has 3 N–H and O–H groups in total. The quantitative estimate of drug-likeness (QED) is 0.681. The average Bonchev–Trinajstić information content (AvgIpc) is 2.33. The number of aryl methyl sites for hydroxylation is 1. The highest BCUT2D eigenvalue weighted by Crippen LogP contribution is 2.25. The molecule has 0 saturated carbocycles. The van der Waals surface area contributed by atoms with Crippen molar-refractivity contribution in [1.29, 1.82) is 0 Å². The summed E-state index contributed by atoms with van der Waals surface area (Å²) in [6, 6.07) is 12.0. The number of hydrogen-bond donors (Lipinski definition) is 3. The second-order valence-corrected chi connectivity index (χ2v) is 4.71. The van der Waals surface area contributed by atoms with E-state index in [1.807, 2.05) is 19.1 Å². The van der Waals surface area contributed by atoms with Crippen LogP contribution in [0.25, 0.3) is 0 Å². The molecule has 2 aromatic rings. The topological polar surface area (TPSA) is 60.7 Å². The minimum atomic E-state index is -0.0764. The van der Waals surface area contributed by atoms with Crippen LogP contribution in [0, 0.1) is 6.92 Å². The van der Waals surface area contributed by atoms with Gasteiger partial charge in [-0.25, -0.2) is 0 Å². The normalized spacial score (nSPS) is 9.89. The molecule has 2 rings (SSSR count). The van der Waals surface area contributed by atoms with Gasteiger partial charge in [-0.05, 0) is 42.2 Å². The molecule has 102 valence electrons. The van der Waals surface area contributed by atoms with Crippen molar-refractivity contribution < 1.29 is 15.3 Å². The zero-order chi connectivity index (χ0) is 14.4. The molecule has 0 heterocycles. The highest BCUT2D eigenvalue weighted by molar-refractivity contribution is 5.37. The largest absolute Gasteiger partial charge is 0.508 e. The Bertz CT molecular complexity index is 512. The SMILES string of the molecule is Cc1ccc(C(C)C)c(O)c1.Oc1ccccc1O. The molecule has 0 fully saturated rings. The molecular weight excluding hydrogens is 240 g/mol. The summed E-state index contributed by atoms with van der Waals surface area (Å²) in [7, 11) is 0. The number of para-hydroxylation sites is 2. The Kier molecular flexibility index (Phi) is 5.24. The van der Waals surface area contributed by atoms with Gasteiger partial charge in [0, 0.05) is 0 Å². The molecule has 3 heteroatoms. The van der Waals surface area contributed by atoms with E-state index >= 15 is 0 Å². The zero-order valence-corrected chi connectivity index (χ0v) is 11.5. The van der Waals surface area contributed by atoms with Crippen molar-refractivity contribution in [3.8, 4) is 17.2 Å². The Labute approximate surface area is 113 Å². The van der Waals surface area contributed by atoms with Gasteiger partial charge in [-0.1, -0.05) is 38.1 Å². The first-order chi connectivity index (χ1) is 8.91. The first-order valence-electron chi connectivity index (χ1n) is 6.18. The van der Waals surface area contributed by atoms with Crippen LogP contribution in [0.2, 0.25) is 0 Å². The number of aromatic hydroxyl groups is 3. The van der Waals surface area contributed by atoms with E-state index in [4.69, 9.17) is 10.2 Å². The molecular formula is C16H20O3. The van der Waals surface area contributed by atoms with E-state index in [9.17, 15) is 5.11 Å². The van der Waals surface area contributed by atoms with Gasteiger partial charge in [0.2, 0.25) is 0 Å². The van der Waals surface area contributed by atoms with Crippen LogP contribution in [-0.2, 0) is 0 Å². The summed E-state index contributed by atoms with van der Waals surface area (Å²) in [5.74, 6) is 0.663. The highest BCUT2D eigenvalue weighted by Gasteiger charge is 2.03. The van der Waals surface area contributed by atoms with Crippen LogP contribution in [0.5, 0.6) is 17.2 Å². The fourth-order valence-corrected chi connectivity index (χ4v) is 1.61.